The zero-order valence-electron chi connectivity index (χ0n) is 16.2. The topological polar surface area (TPSA) is 80.0 Å². The van der Waals surface area contributed by atoms with Gasteiger partial charge in [0.2, 0.25) is 0 Å². The van der Waals surface area contributed by atoms with E-state index in [4.69, 9.17) is 24.4 Å². The van der Waals surface area contributed by atoms with Crippen molar-refractivity contribution in [2.24, 2.45) is 5.73 Å². The van der Waals surface area contributed by atoms with E-state index in [1.807, 2.05) is 0 Å². The van der Waals surface area contributed by atoms with Gasteiger partial charge in [-0.3, -0.25) is 4.79 Å². The lowest BCUT2D eigenvalue weighted by molar-refractivity contribution is -0.165. The molecule has 0 aromatic heterocycles. The third kappa shape index (κ3) is 8.26. The second-order valence-electron chi connectivity index (χ2n) is 8.24. The van der Waals surface area contributed by atoms with Crippen LogP contribution in [0.15, 0.2) is 0 Å². The number of carbonyl (C=O) groups is 1. The van der Waals surface area contributed by atoms with E-state index in [0.29, 0.717) is 0 Å². The number of ether oxygens (including phenoxy) is 3. The molecule has 2 atom stereocenters. The van der Waals surface area contributed by atoms with Gasteiger partial charge < -0.3 is 24.4 Å². The maximum absolute atomic E-state index is 12.2. The molecular formula is C16H35NO5Si. The van der Waals surface area contributed by atoms with Gasteiger partial charge in [-0.25, -0.2) is 0 Å². The van der Waals surface area contributed by atoms with Gasteiger partial charge in [0.05, 0.1) is 6.61 Å². The summed E-state index contributed by atoms with van der Waals surface area (Å²) < 4.78 is 21.9. The minimum absolute atomic E-state index is 0.0437. The number of carbonyl (C=O) groups excluding carboxylic acids is 1. The molecule has 0 aromatic rings. The highest BCUT2D eigenvalue weighted by molar-refractivity contribution is 6.74. The first-order chi connectivity index (χ1) is 10.2. The van der Waals surface area contributed by atoms with Crippen LogP contribution in [-0.2, 0) is 23.4 Å². The molecule has 0 aromatic carbocycles. The Morgan fingerprint density at radius 1 is 1.13 bits per heavy atom. The molecule has 0 aliphatic heterocycles. The van der Waals surface area contributed by atoms with Crippen molar-refractivity contribution in [1.82, 2.24) is 0 Å². The van der Waals surface area contributed by atoms with Crippen LogP contribution in [0.3, 0.4) is 0 Å². The Hall–Kier alpha value is -0.473. The van der Waals surface area contributed by atoms with Crippen LogP contribution in [0.2, 0.25) is 18.1 Å². The van der Waals surface area contributed by atoms with E-state index in [2.05, 4.69) is 33.9 Å². The van der Waals surface area contributed by atoms with Crippen molar-refractivity contribution < 1.29 is 23.4 Å². The van der Waals surface area contributed by atoms with Crippen molar-refractivity contribution in [3.63, 3.8) is 0 Å². The van der Waals surface area contributed by atoms with Gasteiger partial charge in [-0.1, -0.05) is 20.8 Å². The van der Waals surface area contributed by atoms with Crippen LogP contribution in [0.5, 0.6) is 0 Å². The fourth-order valence-corrected chi connectivity index (χ4v) is 2.45. The number of methoxy groups -OCH3 is 1. The molecule has 0 saturated heterocycles. The number of esters is 1. The standard InChI is InChI=1S/C16H35NO5Si/c1-15(2,3)22-14(18)13(17)12(20-11-19-7)10-21-23(8,9)16(4,5)6/h12-13H,10-11,17H2,1-9H3/t12-,13-/m0/s1. The first-order valence-electron chi connectivity index (χ1n) is 7.94. The van der Waals surface area contributed by atoms with E-state index in [9.17, 15) is 4.79 Å². The summed E-state index contributed by atoms with van der Waals surface area (Å²) >= 11 is 0. The fraction of sp³-hybridized carbons (Fsp3) is 0.938. The van der Waals surface area contributed by atoms with Gasteiger partial charge in [-0.2, -0.15) is 0 Å². The van der Waals surface area contributed by atoms with Crippen molar-refractivity contribution in [1.29, 1.82) is 0 Å². The molecule has 23 heavy (non-hydrogen) atoms. The molecule has 0 saturated carbocycles. The number of rotatable bonds is 8. The molecule has 138 valence electrons. The molecule has 0 spiro atoms. The van der Waals surface area contributed by atoms with Crippen LogP contribution in [0.4, 0.5) is 0 Å². The van der Waals surface area contributed by atoms with E-state index in [1.165, 1.54) is 7.11 Å². The minimum Gasteiger partial charge on any atom is -0.459 e. The zero-order chi connectivity index (χ0) is 18.5. The molecule has 0 aliphatic rings. The van der Waals surface area contributed by atoms with Gasteiger partial charge in [-0.05, 0) is 38.9 Å². The smallest absolute Gasteiger partial charge is 0.326 e. The molecule has 0 amide bonds. The first-order valence-corrected chi connectivity index (χ1v) is 10.8. The normalized spacial score (nSPS) is 16.1. The summed E-state index contributed by atoms with van der Waals surface area (Å²) in [6.45, 7) is 16.4. The van der Waals surface area contributed by atoms with E-state index in [-0.39, 0.29) is 18.4 Å². The number of hydrogen-bond acceptors (Lipinski definition) is 6. The minimum atomic E-state index is -1.96. The Balaban J connectivity index is 4.91. The van der Waals surface area contributed by atoms with E-state index < -0.39 is 32.0 Å². The van der Waals surface area contributed by atoms with Crippen LogP contribution in [0, 0.1) is 0 Å². The van der Waals surface area contributed by atoms with Crippen LogP contribution in [0.1, 0.15) is 41.5 Å². The molecule has 0 fully saturated rings. The predicted molar refractivity (Wildman–Crippen MR) is 93.7 cm³/mol. The van der Waals surface area contributed by atoms with Crippen LogP contribution < -0.4 is 5.73 Å². The molecule has 0 radical (unpaired) electrons. The highest BCUT2D eigenvalue weighted by Crippen LogP contribution is 2.36. The summed E-state index contributed by atoms with van der Waals surface area (Å²) in [6, 6.07) is -0.922. The Kier molecular flexibility index (Phi) is 8.40. The van der Waals surface area contributed by atoms with E-state index >= 15 is 0 Å². The summed E-state index contributed by atoms with van der Waals surface area (Å²) in [7, 11) is -0.444. The summed E-state index contributed by atoms with van der Waals surface area (Å²) in [6.07, 6.45) is -0.612. The van der Waals surface area contributed by atoms with E-state index in [1.54, 1.807) is 20.8 Å². The summed E-state index contributed by atoms with van der Waals surface area (Å²) in [5.74, 6) is -0.502. The molecule has 7 heteroatoms. The maximum atomic E-state index is 12.2. The summed E-state index contributed by atoms with van der Waals surface area (Å²) in [5, 5.41) is 0.0643. The Bertz CT molecular complexity index is 374. The third-order valence-corrected chi connectivity index (χ3v) is 8.39. The van der Waals surface area contributed by atoms with Gasteiger partial charge in [0.1, 0.15) is 24.5 Å². The SMILES string of the molecule is COCO[C@@H](CO[Si](C)(C)C(C)(C)C)[C@H](N)C(=O)OC(C)(C)C. The predicted octanol–water partition coefficient (Wildman–Crippen LogP) is 2.67. The second-order valence-corrected chi connectivity index (χ2v) is 13.1. The fourth-order valence-electron chi connectivity index (χ4n) is 1.44. The van der Waals surface area contributed by atoms with Crippen molar-refractivity contribution in [2.75, 3.05) is 20.5 Å². The van der Waals surface area contributed by atoms with Crippen LogP contribution in [-0.4, -0.2) is 52.5 Å². The lowest BCUT2D eigenvalue weighted by atomic mass is 10.1. The van der Waals surface area contributed by atoms with Gasteiger partial charge >= 0.3 is 5.97 Å². The second kappa shape index (κ2) is 8.57. The molecule has 0 rings (SSSR count). The third-order valence-electron chi connectivity index (χ3n) is 3.89. The summed E-state index contributed by atoms with van der Waals surface area (Å²) in [5.41, 5.74) is 5.43. The highest BCUT2D eigenvalue weighted by Gasteiger charge is 2.39. The van der Waals surface area contributed by atoms with Crippen molar-refractivity contribution in [3.05, 3.63) is 0 Å². The van der Waals surface area contributed by atoms with Crippen molar-refractivity contribution >= 4 is 14.3 Å². The van der Waals surface area contributed by atoms with Gasteiger partial charge in [0.15, 0.2) is 8.32 Å². The lowest BCUT2D eigenvalue weighted by Gasteiger charge is -2.37. The number of nitrogens with two attached hydrogens (primary N) is 1. The molecular weight excluding hydrogens is 314 g/mol. The zero-order valence-corrected chi connectivity index (χ0v) is 17.2. The average molecular weight is 350 g/mol. The molecule has 2 N–H and O–H groups in total. The first kappa shape index (κ1) is 22.5. The molecule has 0 heterocycles. The van der Waals surface area contributed by atoms with Crippen LogP contribution in [0.25, 0.3) is 0 Å². The highest BCUT2D eigenvalue weighted by atomic mass is 28.4. The van der Waals surface area contributed by atoms with Crippen molar-refractivity contribution in [2.45, 2.75) is 77.4 Å². The quantitative estimate of drug-likeness (QED) is 0.412. The molecule has 0 unspecified atom stereocenters. The average Bonchev–Trinajstić information content (AvgIpc) is 2.34. The Morgan fingerprint density at radius 2 is 1.65 bits per heavy atom. The van der Waals surface area contributed by atoms with Gasteiger partial charge in [0, 0.05) is 7.11 Å². The van der Waals surface area contributed by atoms with Gasteiger partial charge in [0.25, 0.3) is 0 Å². The maximum Gasteiger partial charge on any atom is 0.326 e. The van der Waals surface area contributed by atoms with Gasteiger partial charge in [-0.15, -0.1) is 0 Å². The summed E-state index contributed by atoms with van der Waals surface area (Å²) in [4.78, 5) is 12.2. The largest absolute Gasteiger partial charge is 0.459 e. The number of hydrogen-bond donors (Lipinski definition) is 1. The Labute approximate surface area is 142 Å². The van der Waals surface area contributed by atoms with E-state index in [0.717, 1.165) is 0 Å². The molecule has 6 nitrogen and oxygen atoms in total. The molecule has 0 aliphatic carbocycles. The molecule has 0 bridgehead atoms. The lowest BCUT2D eigenvalue weighted by Crippen LogP contribution is -2.51. The van der Waals surface area contributed by atoms with Crippen molar-refractivity contribution in [3.8, 4) is 0 Å². The van der Waals surface area contributed by atoms with Crippen LogP contribution >= 0.6 is 0 Å². The monoisotopic (exact) mass is 349 g/mol. The Morgan fingerprint density at radius 3 is 2.04 bits per heavy atom.